The highest BCUT2D eigenvalue weighted by Crippen LogP contribution is 2.44. The number of likely N-dealkylation sites (tertiary alicyclic amines) is 1. The van der Waals surface area contributed by atoms with Crippen LogP contribution in [0.5, 0.6) is 0 Å². The Hall–Kier alpha value is -0.570. The molecule has 1 unspecified atom stereocenters. The van der Waals surface area contributed by atoms with E-state index in [9.17, 15) is 4.79 Å². The van der Waals surface area contributed by atoms with E-state index in [4.69, 9.17) is 5.73 Å². The van der Waals surface area contributed by atoms with Crippen molar-refractivity contribution in [3.05, 3.63) is 0 Å². The minimum atomic E-state index is -0.169. The maximum Gasteiger partial charge on any atom is 0.230 e. The van der Waals surface area contributed by atoms with Crippen molar-refractivity contribution in [2.24, 2.45) is 17.1 Å². The number of carbonyl (C=O) groups is 1. The van der Waals surface area contributed by atoms with Crippen LogP contribution in [-0.2, 0) is 4.79 Å². The van der Waals surface area contributed by atoms with Gasteiger partial charge in [-0.3, -0.25) is 4.79 Å². The fourth-order valence-corrected chi connectivity index (χ4v) is 4.47. The van der Waals surface area contributed by atoms with Gasteiger partial charge >= 0.3 is 0 Å². The first-order chi connectivity index (χ1) is 9.27. The predicted octanol–water partition coefficient (Wildman–Crippen LogP) is 2.69. The molecule has 0 aromatic carbocycles. The van der Waals surface area contributed by atoms with E-state index in [1.54, 1.807) is 0 Å². The van der Waals surface area contributed by atoms with Gasteiger partial charge in [-0.2, -0.15) is 0 Å². The zero-order valence-electron chi connectivity index (χ0n) is 12.1. The summed E-state index contributed by atoms with van der Waals surface area (Å²) in [5, 5.41) is 0. The highest BCUT2D eigenvalue weighted by atomic mass is 16.2. The molecule has 2 aliphatic carbocycles. The molecule has 0 bridgehead atoms. The van der Waals surface area contributed by atoms with E-state index >= 15 is 0 Å². The maximum absolute atomic E-state index is 12.9. The Bertz CT molecular complexity index is 326. The topological polar surface area (TPSA) is 46.3 Å². The summed E-state index contributed by atoms with van der Waals surface area (Å²) in [6.07, 6.45) is 12.5. The summed E-state index contributed by atoms with van der Waals surface area (Å²) in [6, 6.07) is 0.539. The molecule has 3 fully saturated rings. The van der Waals surface area contributed by atoms with E-state index in [2.05, 4.69) is 4.90 Å². The molecule has 1 atom stereocenters. The molecule has 1 heterocycles. The summed E-state index contributed by atoms with van der Waals surface area (Å²) >= 11 is 0. The molecule has 0 aromatic heterocycles. The Balaban J connectivity index is 1.70. The molecule has 1 aliphatic heterocycles. The minimum absolute atomic E-state index is 0.169. The molecular formula is C16H28N2O. The normalized spacial score (nSPS) is 31.2. The highest BCUT2D eigenvalue weighted by Gasteiger charge is 2.48. The van der Waals surface area contributed by atoms with Crippen LogP contribution in [0.25, 0.3) is 0 Å². The molecular weight excluding hydrogens is 236 g/mol. The van der Waals surface area contributed by atoms with Crippen LogP contribution in [-0.4, -0.2) is 29.9 Å². The second-order valence-electron chi connectivity index (χ2n) is 6.94. The van der Waals surface area contributed by atoms with Crippen LogP contribution in [0.4, 0.5) is 0 Å². The molecule has 2 saturated carbocycles. The second-order valence-corrected chi connectivity index (χ2v) is 6.94. The lowest BCUT2D eigenvalue weighted by Gasteiger charge is -2.45. The Labute approximate surface area is 116 Å². The number of nitrogens with zero attached hydrogens (tertiary/aromatic N) is 1. The SMILES string of the molecule is NCC1(C(=O)N2CCCC2C2CCCCC2)CCC1. The number of hydrogen-bond donors (Lipinski definition) is 1. The molecule has 2 N–H and O–H groups in total. The number of hydrogen-bond acceptors (Lipinski definition) is 2. The lowest BCUT2D eigenvalue weighted by molar-refractivity contribution is -0.148. The molecule has 19 heavy (non-hydrogen) atoms. The van der Waals surface area contributed by atoms with Crippen molar-refractivity contribution in [3.8, 4) is 0 Å². The quantitative estimate of drug-likeness (QED) is 0.852. The van der Waals surface area contributed by atoms with Gasteiger partial charge < -0.3 is 10.6 Å². The van der Waals surface area contributed by atoms with Crippen LogP contribution < -0.4 is 5.73 Å². The van der Waals surface area contributed by atoms with Gasteiger partial charge in [-0.05, 0) is 44.4 Å². The zero-order valence-corrected chi connectivity index (χ0v) is 12.1. The molecule has 0 spiro atoms. The molecule has 108 valence electrons. The van der Waals surface area contributed by atoms with E-state index in [1.165, 1.54) is 51.4 Å². The summed E-state index contributed by atoms with van der Waals surface area (Å²) in [5.74, 6) is 1.17. The Kier molecular flexibility index (Phi) is 3.84. The van der Waals surface area contributed by atoms with Crippen molar-refractivity contribution in [3.63, 3.8) is 0 Å². The van der Waals surface area contributed by atoms with Gasteiger partial charge in [0, 0.05) is 19.1 Å². The number of rotatable bonds is 3. The highest BCUT2D eigenvalue weighted by molar-refractivity contribution is 5.84. The minimum Gasteiger partial charge on any atom is -0.339 e. The van der Waals surface area contributed by atoms with Crippen LogP contribution in [0.2, 0.25) is 0 Å². The molecule has 3 aliphatic rings. The molecule has 1 saturated heterocycles. The summed E-state index contributed by atoms with van der Waals surface area (Å²) in [7, 11) is 0. The Morgan fingerprint density at radius 2 is 1.79 bits per heavy atom. The van der Waals surface area contributed by atoms with E-state index in [0.29, 0.717) is 18.5 Å². The van der Waals surface area contributed by atoms with E-state index in [-0.39, 0.29) is 5.41 Å². The number of carbonyl (C=O) groups excluding carboxylic acids is 1. The third-order valence-corrected chi connectivity index (χ3v) is 5.91. The first-order valence-electron chi connectivity index (χ1n) is 8.28. The van der Waals surface area contributed by atoms with Crippen molar-refractivity contribution in [1.29, 1.82) is 0 Å². The number of nitrogens with two attached hydrogens (primary N) is 1. The maximum atomic E-state index is 12.9. The van der Waals surface area contributed by atoms with Gasteiger partial charge in [-0.15, -0.1) is 0 Å². The third-order valence-electron chi connectivity index (χ3n) is 5.91. The Morgan fingerprint density at radius 3 is 2.37 bits per heavy atom. The average Bonchev–Trinajstić information content (AvgIpc) is 2.88. The van der Waals surface area contributed by atoms with Crippen molar-refractivity contribution < 1.29 is 4.79 Å². The average molecular weight is 264 g/mol. The first kappa shape index (κ1) is 13.4. The fraction of sp³-hybridized carbons (Fsp3) is 0.938. The van der Waals surface area contributed by atoms with Crippen LogP contribution in [0.1, 0.15) is 64.2 Å². The van der Waals surface area contributed by atoms with Crippen molar-refractivity contribution >= 4 is 5.91 Å². The number of amides is 1. The molecule has 0 radical (unpaired) electrons. The predicted molar refractivity (Wildman–Crippen MR) is 76.6 cm³/mol. The summed E-state index contributed by atoms with van der Waals surface area (Å²) in [5.41, 5.74) is 5.74. The fourth-order valence-electron chi connectivity index (χ4n) is 4.47. The standard InChI is InChI=1S/C16H28N2O/c17-12-16(9-5-10-16)15(19)18-11-4-8-14(18)13-6-2-1-3-7-13/h13-14H,1-12,17H2. The molecule has 3 rings (SSSR count). The van der Waals surface area contributed by atoms with Gasteiger partial charge in [0.25, 0.3) is 0 Å². The lowest BCUT2D eigenvalue weighted by atomic mass is 9.67. The van der Waals surface area contributed by atoms with Gasteiger partial charge in [0.1, 0.15) is 0 Å². The van der Waals surface area contributed by atoms with Crippen LogP contribution in [0, 0.1) is 11.3 Å². The lowest BCUT2D eigenvalue weighted by Crippen LogP contribution is -2.54. The van der Waals surface area contributed by atoms with E-state index < -0.39 is 0 Å². The van der Waals surface area contributed by atoms with Crippen LogP contribution in [0.15, 0.2) is 0 Å². The van der Waals surface area contributed by atoms with Gasteiger partial charge in [0.05, 0.1) is 5.41 Å². The van der Waals surface area contributed by atoms with Gasteiger partial charge in [0.15, 0.2) is 0 Å². The second kappa shape index (κ2) is 5.43. The molecule has 3 heteroatoms. The summed E-state index contributed by atoms with van der Waals surface area (Å²) < 4.78 is 0. The molecule has 0 aromatic rings. The monoisotopic (exact) mass is 264 g/mol. The first-order valence-corrected chi connectivity index (χ1v) is 8.28. The van der Waals surface area contributed by atoms with Crippen molar-refractivity contribution in [1.82, 2.24) is 4.90 Å². The zero-order chi connectivity index (χ0) is 13.3. The summed E-state index contributed by atoms with van der Waals surface area (Å²) in [4.78, 5) is 15.1. The van der Waals surface area contributed by atoms with E-state index in [0.717, 1.165) is 25.3 Å². The Morgan fingerprint density at radius 1 is 1.05 bits per heavy atom. The van der Waals surface area contributed by atoms with E-state index in [1.807, 2.05) is 0 Å². The van der Waals surface area contributed by atoms with Gasteiger partial charge in [0.2, 0.25) is 5.91 Å². The third kappa shape index (κ3) is 2.31. The van der Waals surface area contributed by atoms with Crippen molar-refractivity contribution in [2.75, 3.05) is 13.1 Å². The van der Waals surface area contributed by atoms with Crippen LogP contribution >= 0.6 is 0 Å². The largest absolute Gasteiger partial charge is 0.339 e. The van der Waals surface area contributed by atoms with Gasteiger partial charge in [-0.1, -0.05) is 25.7 Å². The summed E-state index contributed by atoms with van der Waals surface area (Å²) in [6.45, 7) is 1.54. The smallest absolute Gasteiger partial charge is 0.230 e. The molecule has 3 nitrogen and oxygen atoms in total. The van der Waals surface area contributed by atoms with Crippen molar-refractivity contribution in [2.45, 2.75) is 70.3 Å². The van der Waals surface area contributed by atoms with Gasteiger partial charge in [-0.25, -0.2) is 0 Å². The molecule has 1 amide bonds. The van der Waals surface area contributed by atoms with Crippen LogP contribution in [0.3, 0.4) is 0 Å².